The van der Waals surface area contributed by atoms with Crippen LogP contribution in [0, 0.1) is 11.3 Å². The molecule has 0 radical (unpaired) electrons. The molecule has 0 amide bonds. The summed E-state index contributed by atoms with van der Waals surface area (Å²) in [7, 11) is 0. The lowest BCUT2D eigenvalue weighted by molar-refractivity contribution is 0.397. The number of hydrogen-bond donors (Lipinski definition) is 1. The molecule has 1 saturated carbocycles. The van der Waals surface area contributed by atoms with Crippen molar-refractivity contribution in [2.24, 2.45) is 27.1 Å². The minimum atomic E-state index is -0.0279. The molecule has 0 saturated heterocycles. The van der Waals surface area contributed by atoms with Gasteiger partial charge in [-0.05, 0) is 51.0 Å². The molecule has 0 aromatic heterocycles. The van der Waals surface area contributed by atoms with Crippen LogP contribution in [0.25, 0.3) is 0 Å². The Balaban J connectivity index is 2.43. The van der Waals surface area contributed by atoms with Gasteiger partial charge in [-0.3, -0.25) is 4.99 Å². The third kappa shape index (κ3) is 5.46. The van der Waals surface area contributed by atoms with Crippen LogP contribution < -0.4 is 5.73 Å². The summed E-state index contributed by atoms with van der Waals surface area (Å²) < 4.78 is 0. The van der Waals surface area contributed by atoms with E-state index in [2.05, 4.69) is 46.8 Å². The van der Waals surface area contributed by atoms with Crippen LogP contribution in [0.15, 0.2) is 44.7 Å². The molecule has 3 nitrogen and oxygen atoms in total. The first kappa shape index (κ1) is 22.6. The summed E-state index contributed by atoms with van der Waals surface area (Å²) in [6.45, 7) is 13.9. The van der Waals surface area contributed by atoms with E-state index < -0.39 is 0 Å². The van der Waals surface area contributed by atoms with Crippen LogP contribution >= 0.6 is 0 Å². The Morgan fingerprint density at radius 2 is 1.79 bits per heavy atom. The zero-order chi connectivity index (χ0) is 20.7. The Kier molecular flexibility index (Phi) is 8.27. The summed E-state index contributed by atoms with van der Waals surface area (Å²) in [4.78, 5) is 9.76. The first-order chi connectivity index (χ1) is 13.3. The third-order valence-electron chi connectivity index (χ3n) is 6.19. The van der Waals surface area contributed by atoms with Crippen LogP contribution in [0.4, 0.5) is 0 Å². The van der Waals surface area contributed by atoms with E-state index in [1.165, 1.54) is 43.4 Å². The second kappa shape index (κ2) is 10.2. The molecule has 0 atom stereocenters. The highest BCUT2D eigenvalue weighted by Gasteiger charge is 2.34. The molecular formula is C25H41N3. The summed E-state index contributed by atoms with van der Waals surface area (Å²) in [5, 5.41) is 0. The Morgan fingerprint density at radius 3 is 2.32 bits per heavy atom. The van der Waals surface area contributed by atoms with Gasteiger partial charge in [0, 0.05) is 24.1 Å². The fourth-order valence-corrected chi connectivity index (χ4v) is 4.65. The van der Waals surface area contributed by atoms with Gasteiger partial charge in [-0.25, -0.2) is 4.99 Å². The highest BCUT2D eigenvalue weighted by molar-refractivity contribution is 6.15. The standard InChI is InChI=1S/C25H41N3/c1-7-19(21-13-11-10-12-14-21)15-16-20(8-2)24-25(5,6)17-22(27-9-3)23(28-24)18(4)26/h15-16,21H,7-14,17,26H2,1-6H3/b19-15+,20-16+,23-18-,27-22?. The molecule has 3 heteroatoms. The molecule has 1 aliphatic heterocycles. The van der Waals surface area contributed by atoms with Crippen molar-refractivity contribution in [1.82, 2.24) is 0 Å². The van der Waals surface area contributed by atoms with Gasteiger partial charge in [0.25, 0.3) is 0 Å². The van der Waals surface area contributed by atoms with Gasteiger partial charge in [0.05, 0.1) is 11.4 Å². The molecule has 0 aromatic carbocycles. The highest BCUT2D eigenvalue weighted by Crippen LogP contribution is 2.36. The second-order valence-electron chi connectivity index (χ2n) is 8.95. The number of nitrogens with zero attached hydrogens (tertiary/aromatic N) is 2. The van der Waals surface area contributed by atoms with Crippen molar-refractivity contribution in [3.05, 3.63) is 34.7 Å². The van der Waals surface area contributed by atoms with E-state index in [4.69, 9.17) is 15.7 Å². The van der Waals surface area contributed by atoms with Crippen LogP contribution in [0.2, 0.25) is 0 Å². The minimum Gasteiger partial charge on any atom is -0.400 e. The lowest BCUT2D eigenvalue weighted by Gasteiger charge is -2.34. The zero-order valence-electron chi connectivity index (χ0n) is 19.1. The summed E-state index contributed by atoms with van der Waals surface area (Å²) in [5.74, 6) is 0.777. The number of nitrogens with two attached hydrogens (primary N) is 1. The lowest BCUT2D eigenvalue weighted by Crippen LogP contribution is -2.34. The van der Waals surface area contributed by atoms with E-state index in [1.807, 2.05) is 6.92 Å². The molecule has 156 valence electrons. The van der Waals surface area contributed by atoms with E-state index in [0.29, 0.717) is 0 Å². The maximum Gasteiger partial charge on any atom is 0.103 e. The molecule has 2 rings (SSSR count). The topological polar surface area (TPSA) is 50.7 Å². The Bertz CT molecular complexity index is 691. The van der Waals surface area contributed by atoms with Crippen molar-refractivity contribution >= 4 is 11.4 Å². The quantitative estimate of drug-likeness (QED) is 0.506. The van der Waals surface area contributed by atoms with Gasteiger partial charge >= 0.3 is 0 Å². The Morgan fingerprint density at radius 1 is 1.11 bits per heavy atom. The molecular weight excluding hydrogens is 342 g/mol. The maximum atomic E-state index is 6.18. The van der Waals surface area contributed by atoms with Crippen LogP contribution in [-0.2, 0) is 0 Å². The SMILES string of the molecule is CCN=C1CC(C)(C)C(C(=C/C=C(\CC)C2CCCCC2)/CC)=N/C1=C(/C)N. The van der Waals surface area contributed by atoms with Crippen LogP contribution in [0.1, 0.15) is 92.9 Å². The first-order valence-corrected chi connectivity index (χ1v) is 11.3. The van der Waals surface area contributed by atoms with E-state index in [0.717, 1.165) is 48.8 Å². The third-order valence-corrected chi connectivity index (χ3v) is 6.19. The molecule has 0 unspecified atom stereocenters. The van der Waals surface area contributed by atoms with Crippen molar-refractivity contribution < 1.29 is 0 Å². The lowest BCUT2D eigenvalue weighted by atomic mass is 9.75. The zero-order valence-corrected chi connectivity index (χ0v) is 19.1. The Hall–Kier alpha value is -1.64. The largest absolute Gasteiger partial charge is 0.400 e. The fraction of sp³-hybridized carbons (Fsp3) is 0.680. The second-order valence-corrected chi connectivity index (χ2v) is 8.95. The molecule has 0 aromatic rings. The summed E-state index contributed by atoms with van der Waals surface area (Å²) in [6, 6.07) is 0. The number of aliphatic imine (C=N–C) groups is 2. The predicted molar refractivity (Wildman–Crippen MR) is 124 cm³/mol. The predicted octanol–water partition coefficient (Wildman–Crippen LogP) is 6.76. The van der Waals surface area contributed by atoms with E-state index in [-0.39, 0.29) is 5.41 Å². The van der Waals surface area contributed by atoms with Crippen LogP contribution in [0.5, 0.6) is 0 Å². The van der Waals surface area contributed by atoms with Gasteiger partial charge in [0.15, 0.2) is 0 Å². The van der Waals surface area contributed by atoms with Gasteiger partial charge in [-0.15, -0.1) is 0 Å². The molecule has 2 aliphatic rings. The average molecular weight is 384 g/mol. The molecule has 0 bridgehead atoms. The molecule has 0 spiro atoms. The van der Waals surface area contributed by atoms with Gasteiger partial charge in [0.2, 0.25) is 0 Å². The van der Waals surface area contributed by atoms with E-state index >= 15 is 0 Å². The molecule has 1 heterocycles. The monoisotopic (exact) mass is 383 g/mol. The summed E-state index contributed by atoms with van der Waals surface area (Å²) in [5.41, 5.74) is 13.0. The van der Waals surface area contributed by atoms with Gasteiger partial charge in [0.1, 0.15) is 5.70 Å². The van der Waals surface area contributed by atoms with Crippen molar-refractivity contribution in [3.8, 4) is 0 Å². The smallest absolute Gasteiger partial charge is 0.103 e. The minimum absolute atomic E-state index is 0.0279. The van der Waals surface area contributed by atoms with E-state index in [9.17, 15) is 0 Å². The van der Waals surface area contributed by atoms with Crippen LogP contribution in [0.3, 0.4) is 0 Å². The van der Waals surface area contributed by atoms with Crippen molar-refractivity contribution in [1.29, 1.82) is 0 Å². The van der Waals surface area contributed by atoms with Gasteiger partial charge in [-0.2, -0.15) is 0 Å². The van der Waals surface area contributed by atoms with Gasteiger partial charge in [-0.1, -0.05) is 64.7 Å². The normalized spacial score (nSPS) is 25.1. The number of hydrogen-bond acceptors (Lipinski definition) is 3. The maximum absolute atomic E-state index is 6.18. The number of allylic oxidation sites excluding steroid dienone is 6. The van der Waals surface area contributed by atoms with Crippen LogP contribution in [-0.4, -0.2) is 18.0 Å². The van der Waals surface area contributed by atoms with E-state index in [1.54, 1.807) is 5.57 Å². The highest BCUT2D eigenvalue weighted by atomic mass is 14.9. The molecule has 1 aliphatic carbocycles. The average Bonchev–Trinajstić information content (AvgIpc) is 2.66. The Labute approximate surface area is 173 Å². The summed E-state index contributed by atoms with van der Waals surface area (Å²) in [6.07, 6.45) is 14.7. The molecule has 28 heavy (non-hydrogen) atoms. The molecule has 2 N–H and O–H groups in total. The van der Waals surface area contributed by atoms with Crippen molar-refractivity contribution in [2.45, 2.75) is 92.9 Å². The van der Waals surface area contributed by atoms with Gasteiger partial charge < -0.3 is 5.73 Å². The van der Waals surface area contributed by atoms with Crippen molar-refractivity contribution in [3.63, 3.8) is 0 Å². The summed E-state index contributed by atoms with van der Waals surface area (Å²) >= 11 is 0. The number of rotatable bonds is 6. The van der Waals surface area contributed by atoms with Crippen molar-refractivity contribution in [2.75, 3.05) is 6.54 Å². The molecule has 1 fully saturated rings. The first-order valence-electron chi connectivity index (χ1n) is 11.3. The fourth-order valence-electron chi connectivity index (χ4n) is 4.65.